The van der Waals surface area contributed by atoms with E-state index in [4.69, 9.17) is 20.9 Å². The lowest BCUT2D eigenvalue weighted by Gasteiger charge is -2.39. The first kappa shape index (κ1) is 21.3. The molecule has 0 radical (unpaired) electrons. The quantitative estimate of drug-likeness (QED) is 0.332. The third-order valence-electron chi connectivity index (χ3n) is 6.53. The molecule has 1 N–H and O–H groups in total. The van der Waals surface area contributed by atoms with Gasteiger partial charge < -0.3 is 14.4 Å². The summed E-state index contributed by atoms with van der Waals surface area (Å²) in [5.41, 5.74) is 4.11. The van der Waals surface area contributed by atoms with Crippen molar-refractivity contribution < 1.29 is 14.4 Å². The highest BCUT2D eigenvalue weighted by atomic mass is 35.5. The Kier molecular flexibility index (Phi) is 5.52. The highest BCUT2D eigenvalue weighted by Gasteiger charge is 2.33. The second-order valence-electron chi connectivity index (χ2n) is 9.19. The highest BCUT2D eigenvalue weighted by Crippen LogP contribution is 2.42. The molecule has 3 aromatic carbocycles. The lowest BCUT2D eigenvalue weighted by molar-refractivity contribution is 0.0172. The molecule has 1 aliphatic carbocycles. The van der Waals surface area contributed by atoms with Crippen molar-refractivity contribution in [2.45, 2.75) is 18.9 Å². The molecule has 0 amide bonds. The Labute approximate surface area is 203 Å². The predicted octanol–water partition coefficient (Wildman–Crippen LogP) is 6.51. The van der Waals surface area contributed by atoms with E-state index >= 15 is 0 Å². The van der Waals surface area contributed by atoms with Gasteiger partial charge in [-0.15, -0.1) is 0 Å². The first-order valence-corrected chi connectivity index (χ1v) is 12.1. The summed E-state index contributed by atoms with van der Waals surface area (Å²) >= 11 is 6.51. The van der Waals surface area contributed by atoms with Gasteiger partial charge in [0.25, 0.3) is 0 Å². The molecule has 1 aromatic heterocycles. The van der Waals surface area contributed by atoms with Crippen LogP contribution in [0.25, 0.3) is 33.7 Å². The molecule has 2 fully saturated rings. The number of ether oxygens (including phenoxy) is 1. The van der Waals surface area contributed by atoms with Crippen LogP contribution in [0.2, 0.25) is 5.02 Å². The van der Waals surface area contributed by atoms with Crippen LogP contribution in [0.1, 0.15) is 12.8 Å². The number of aromatic nitrogens is 1. The van der Waals surface area contributed by atoms with E-state index in [0.717, 1.165) is 47.0 Å². The van der Waals surface area contributed by atoms with Crippen LogP contribution in [0.4, 0.5) is 0 Å². The van der Waals surface area contributed by atoms with Crippen molar-refractivity contribution in [1.82, 2.24) is 10.1 Å². The molecule has 0 atom stereocenters. The van der Waals surface area contributed by atoms with Crippen LogP contribution in [0, 0.1) is 5.92 Å². The van der Waals surface area contributed by atoms with Crippen molar-refractivity contribution in [2.24, 2.45) is 5.92 Å². The average Bonchev–Trinajstić information content (AvgIpc) is 3.55. The van der Waals surface area contributed by atoms with Crippen molar-refractivity contribution in [3.05, 3.63) is 77.8 Å². The molecule has 4 aromatic rings. The van der Waals surface area contributed by atoms with E-state index in [0.29, 0.717) is 16.5 Å². The summed E-state index contributed by atoms with van der Waals surface area (Å²) in [5.74, 6) is 2.60. The lowest BCUT2D eigenvalue weighted by atomic mass is 9.96. The Morgan fingerprint density at radius 3 is 2.35 bits per heavy atom. The number of aromatic hydroxyl groups is 1. The number of phenols is 1. The number of rotatable bonds is 7. The zero-order chi connectivity index (χ0) is 23.1. The summed E-state index contributed by atoms with van der Waals surface area (Å²) in [6.07, 6.45) is 3.02. The van der Waals surface area contributed by atoms with Gasteiger partial charge in [-0.1, -0.05) is 47.1 Å². The molecular formula is C28H25ClN2O3. The monoisotopic (exact) mass is 472 g/mol. The fourth-order valence-electron chi connectivity index (χ4n) is 4.51. The molecule has 1 saturated carbocycles. The summed E-state index contributed by atoms with van der Waals surface area (Å²) in [5, 5.41) is 14.7. The SMILES string of the molecule is Oc1ccc(-c2onc(-c3ccccc3Cl)c2-c2ccc(OC3CN(CC4CC4)C3)cc2)cc1. The number of halogens is 1. The number of phenolic OH excluding ortho intramolecular Hbond substituents is 1. The minimum absolute atomic E-state index is 0.198. The number of benzene rings is 3. The predicted molar refractivity (Wildman–Crippen MR) is 133 cm³/mol. The molecule has 6 rings (SSSR count). The van der Waals surface area contributed by atoms with Gasteiger partial charge in [-0.2, -0.15) is 0 Å². The van der Waals surface area contributed by atoms with Gasteiger partial charge in [0.15, 0.2) is 5.76 Å². The maximum atomic E-state index is 9.72. The Hall–Kier alpha value is -3.28. The summed E-state index contributed by atoms with van der Waals surface area (Å²) in [4.78, 5) is 2.48. The minimum atomic E-state index is 0.198. The topological polar surface area (TPSA) is 58.7 Å². The van der Waals surface area contributed by atoms with E-state index < -0.39 is 0 Å². The normalized spacial score (nSPS) is 16.4. The molecule has 172 valence electrons. The van der Waals surface area contributed by atoms with Gasteiger partial charge in [0, 0.05) is 30.8 Å². The maximum absolute atomic E-state index is 9.72. The zero-order valence-corrected chi connectivity index (χ0v) is 19.4. The molecule has 1 saturated heterocycles. The average molecular weight is 473 g/mol. The van der Waals surface area contributed by atoms with Crippen LogP contribution >= 0.6 is 11.6 Å². The fourth-order valence-corrected chi connectivity index (χ4v) is 4.73. The first-order chi connectivity index (χ1) is 16.6. The zero-order valence-electron chi connectivity index (χ0n) is 18.7. The maximum Gasteiger partial charge on any atom is 0.175 e. The lowest BCUT2D eigenvalue weighted by Crippen LogP contribution is -2.54. The molecular weight excluding hydrogens is 448 g/mol. The second kappa shape index (κ2) is 8.82. The van der Waals surface area contributed by atoms with Crippen LogP contribution in [-0.2, 0) is 0 Å². The first-order valence-electron chi connectivity index (χ1n) is 11.7. The van der Waals surface area contributed by atoms with Gasteiger partial charge in [-0.05, 0) is 66.8 Å². The van der Waals surface area contributed by atoms with E-state index in [1.165, 1.54) is 19.4 Å². The third-order valence-corrected chi connectivity index (χ3v) is 6.86. The van der Waals surface area contributed by atoms with Crippen LogP contribution in [0.5, 0.6) is 11.5 Å². The Morgan fingerprint density at radius 1 is 0.941 bits per heavy atom. The van der Waals surface area contributed by atoms with E-state index in [1.54, 1.807) is 12.1 Å². The van der Waals surface area contributed by atoms with Crippen LogP contribution in [-0.4, -0.2) is 40.9 Å². The third kappa shape index (κ3) is 4.29. The Bertz CT molecular complexity index is 1290. The summed E-state index contributed by atoms with van der Waals surface area (Å²) < 4.78 is 12.0. The van der Waals surface area contributed by atoms with Gasteiger partial charge in [0.1, 0.15) is 23.3 Å². The molecule has 6 heteroatoms. The molecule has 1 aliphatic heterocycles. The van der Waals surface area contributed by atoms with Gasteiger partial charge >= 0.3 is 0 Å². The van der Waals surface area contributed by atoms with Crippen LogP contribution < -0.4 is 4.74 Å². The Balaban J connectivity index is 1.30. The summed E-state index contributed by atoms with van der Waals surface area (Å²) in [6, 6.07) is 22.6. The van der Waals surface area contributed by atoms with Crippen LogP contribution in [0.15, 0.2) is 77.3 Å². The molecule has 0 spiro atoms. The molecule has 0 unspecified atom stereocenters. The number of hydrogen-bond donors (Lipinski definition) is 1. The number of likely N-dealkylation sites (tertiary alicyclic amines) is 1. The highest BCUT2D eigenvalue weighted by molar-refractivity contribution is 6.33. The molecule has 2 heterocycles. The van der Waals surface area contributed by atoms with Gasteiger partial charge in [-0.25, -0.2) is 0 Å². The Morgan fingerprint density at radius 2 is 1.65 bits per heavy atom. The smallest absolute Gasteiger partial charge is 0.175 e. The summed E-state index contributed by atoms with van der Waals surface area (Å²) in [6.45, 7) is 3.23. The van der Waals surface area contributed by atoms with Crippen molar-refractivity contribution in [3.8, 4) is 45.2 Å². The van der Waals surface area contributed by atoms with Crippen molar-refractivity contribution in [1.29, 1.82) is 0 Å². The fraction of sp³-hybridized carbons (Fsp3) is 0.250. The summed E-state index contributed by atoms with van der Waals surface area (Å²) in [7, 11) is 0. The van der Waals surface area contributed by atoms with Crippen LogP contribution in [0.3, 0.4) is 0 Å². The van der Waals surface area contributed by atoms with Gasteiger partial charge in [0.05, 0.1) is 10.6 Å². The van der Waals surface area contributed by atoms with E-state index in [9.17, 15) is 5.11 Å². The number of hydrogen-bond acceptors (Lipinski definition) is 5. The molecule has 34 heavy (non-hydrogen) atoms. The largest absolute Gasteiger partial charge is 0.508 e. The van der Waals surface area contributed by atoms with Gasteiger partial charge in [-0.3, -0.25) is 4.90 Å². The van der Waals surface area contributed by atoms with E-state index in [2.05, 4.69) is 10.1 Å². The number of nitrogens with zero attached hydrogens (tertiary/aromatic N) is 2. The van der Waals surface area contributed by atoms with Gasteiger partial charge in [0.2, 0.25) is 0 Å². The van der Waals surface area contributed by atoms with E-state index in [1.807, 2.05) is 60.7 Å². The van der Waals surface area contributed by atoms with Crippen molar-refractivity contribution in [2.75, 3.05) is 19.6 Å². The minimum Gasteiger partial charge on any atom is -0.508 e. The molecule has 0 bridgehead atoms. The second-order valence-corrected chi connectivity index (χ2v) is 9.60. The van der Waals surface area contributed by atoms with E-state index in [-0.39, 0.29) is 11.9 Å². The molecule has 5 nitrogen and oxygen atoms in total. The molecule has 2 aliphatic rings. The van der Waals surface area contributed by atoms with Crippen molar-refractivity contribution >= 4 is 11.6 Å². The standard InChI is InChI=1S/C28H25ClN2O3/c29-25-4-2-1-3-24(25)27-26(28(34-30-27)20-7-11-21(32)12-8-20)19-9-13-22(14-10-19)33-23-16-31(17-23)15-18-5-6-18/h1-4,7-14,18,23,32H,5-6,15-17H2. The van der Waals surface area contributed by atoms with Crippen molar-refractivity contribution in [3.63, 3.8) is 0 Å².